The summed E-state index contributed by atoms with van der Waals surface area (Å²) in [7, 11) is 0. The zero-order valence-electron chi connectivity index (χ0n) is 14.9. The summed E-state index contributed by atoms with van der Waals surface area (Å²) in [5.74, 6) is -0.217. The van der Waals surface area contributed by atoms with Crippen LogP contribution in [0.15, 0.2) is 53.4 Å². The fourth-order valence-corrected chi connectivity index (χ4v) is 3.95. The van der Waals surface area contributed by atoms with E-state index in [2.05, 4.69) is 4.90 Å². The molecule has 2 N–H and O–H groups in total. The molecule has 2 aromatic rings. The van der Waals surface area contributed by atoms with Crippen LogP contribution in [0.25, 0.3) is 0 Å². The van der Waals surface area contributed by atoms with Gasteiger partial charge in [-0.15, -0.1) is 11.8 Å². The highest BCUT2D eigenvalue weighted by molar-refractivity contribution is 8.00. The Hall–Kier alpha value is -2.02. The van der Waals surface area contributed by atoms with Gasteiger partial charge in [0.1, 0.15) is 0 Å². The third kappa shape index (κ3) is 5.48. The summed E-state index contributed by atoms with van der Waals surface area (Å²) in [6, 6.07) is 15.2. The van der Waals surface area contributed by atoms with Crippen molar-refractivity contribution in [1.82, 2.24) is 9.80 Å². The number of hydrogen-bond acceptors (Lipinski definition) is 4. The van der Waals surface area contributed by atoms with Crippen molar-refractivity contribution in [3.05, 3.63) is 64.7 Å². The molecule has 1 heterocycles. The molecule has 7 heteroatoms. The molecule has 0 aromatic heterocycles. The number of benzene rings is 2. The van der Waals surface area contributed by atoms with Crippen LogP contribution in [0.5, 0.6) is 0 Å². The Morgan fingerprint density at radius 3 is 2.33 bits per heavy atom. The highest BCUT2D eigenvalue weighted by Gasteiger charge is 2.24. The molecule has 0 spiro atoms. The molecule has 1 aliphatic rings. The van der Waals surface area contributed by atoms with E-state index in [1.807, 2.05) is 53.4 Å². The first kappa shape index (κ1) is 19.7. The maximum absolute atomic E-state index is 12.9. The number of carbonyl (C=O) groups excluding carboxylic acids is 2. The minimum atomic E-state index is -0.391. The number of nitrogens with zero attached hydrogens (tertiary/aromatic N) is 2. The van der Waals surface area contributed by atoms with Crippen molar-refractivity contribution in [2.45, 2.75) is 11.4 Å². The Bertz CT molecular complexity index is 805. The molecule has 27 heavy (non-hydrogen) atoms. The van der Waals surface area contributed by atoms with Gasteiger partial charge in [0.15, 0.2) is 0 Å². The monoisotopic (exact) mass is 403 g/mol. The minimum absolute atomic E-state index is 0.00807. The number of rotatable bonds is 6. The predicted molar refractivity (Wildman–Crippen MR) is 109 cm³/mol. The average molecular weight is 404 g/mol. The van der Waals surface area contributed by atoms with Gasteiger partial charge in [-0.25, -0.2) is 0 Å². The van der Waals surface area contributed by atoms with Crippen molar-refractivity contribution >= 4 is 35.2 Å². The third-order valence-corrected chi connectivity index (χ3v) is 5.81. The number of halogens is 1. The van der Waals surface area contributed by atoms with Crippen molar-refractivity contribution < 1.29 is 9.59 Å². The van der Waals surface area contributed by atoms with Gasteiger partial charge >= 0.3 is 0 Å². The second-order valence-electron chi connectivity index (χ2n) is 6.45. The molecule has 5 nitrogen and oxygen atoms in total. The standard InChI is InChI=1S/C20H22ClN3O2S/c21-16-7-5-15(6-8-16)13-23-9-11-24(12-10-23)20(26)17-3-1-2-4-18(17)27-14-19(22)25/h1-8H,9-14H2,(H2,22,25). The van der Waals surface area contributed by atoms with Crippen LogP contribution in [0.3, 0.4) is 0 Å². The van der Waals surface area contributed by atoms with Gasteiger partial charge in [0, 0.05) is 42.6 Å². The van der Waals surface area contributed by atoms with Gasteiger partial charge in [-0.1, -0.05) is 35.9 Å². The van der Waals surface area contributed by atoms with Crippen molar-refractivity contribution in [1.29, 1.82) is 0 Å². The fraction of sp³-hybridized carbons (Fsp3) is 0.300. The Kier molecular flexibility index (Phi) is 6.77. The molecule has 0 aliphatic carbocycles. The summed E-state index contributed by atoms with van der Waals surface area (Å²) in [4.78, 5) is 29.0. The lowest BCUT2D eigenvalue weighted by Crippen LogP contribution is -2.48. The molecular weight excluding hydrogens is 382 g/mol. The maximum Gasteiger partial charge on any atom is 0.255 e. The largest absolute Gasteiger partial charge is 0.369 e. The van der Waals surface area contributed by atoms with Crippen molar-refractivity contribution in [3.63, 3.8) is 0 Å². The van der Waals surface area contributed by atoms with E-state index in [9.17, 15) is 9.59 Å². The Labute approximate surface area is 168 Å². The highest BCUT2D eigenvalue weighted by Crippen LogP contribution is 2.24. The van der Waals surface area contributed by atoms with Gasteiger partial charge in [0.2, 0.25) is 5.91 Å². The van der Waals surface area contributed by atoms with E-state index in [4.69, 9.17) is 17.3 Å². The lowest BCUT2D eigenvalue weighted by molar-refractivity contribution is -0.115. The van der Waals surface area contributed by atoms with Crippen LogP contribution in [0.2, 0.25) is 5.02 Å². The van der Waals surface area contributed by atoms with Gasteiger partial charge < -0.3 is 10.6 Å². The van der Waals surface area contributed by atoms with Crippen LogP contribution in [0.1, 0.15) is 15.9 Å². The summed E-state index contributed by atoms with van der Waals surface area (Å²) in [6.07, 6.45) is 0. The molecule has 2 aromatic carbocycles. The first-order valence-corrected chi connectivity index (χ1v) is 10.2. The molecule has 0 atom stereocenters. The topological polar surface area (TPSA) is 66.6 Å². The third-order valence-electron chi connectivity index (χ3n) is 4.47. The number of hydrogen-bond donors (Lipinski definition) is 1. The molecule has 3 rings (SSSR count). The van der Waals surface area contributed by atoms with Gasteiger partial charge in [-0.2, -0.15) is 0 Å². The summed E-state index contributed by atoms with van der Waals surface area (Å²) in [5.41, 5.74) is 7.08. The summed E-state index contributed by atoms with van der Waals surface area (Å²) in [5, 5.41) is 0.738. The number of carbonyl (C=O) groups is 2. The van der Waals surface area contributed by atoms with E-state index in [0.717, 1.165) is 29.6 Å². The van der Waals surface area contributed by atoms with E-state index in [0.29, 0.717) is 18.7 Å². The van der Waals surface area contributed by atoms with E-state index in [1.54, 1.807) is 0 Å². The molecule has 0 radical (unpaired) electrons. The number of piperazine rings is 1. The second-order valence-corrected chi connectivity index (χ2v) is 7.90. The summed E-state index contributed by atoms with van der Waals surface area (Å²) in [6.45, 7) is 3.86. The highest BCUT2D eigenvalue weighted by atomic mass is 35.5. The number of thioether (sulfide) groups is 1. The number of primary amides is 1. The Morgan fingerprint density at radius 1 is 1.00 bits per heavy atom. The van der Waals surface area contributed by atoms with Crippen molar-refractivity contribution in [3.8, 4) is 0 Å². The van der Waals surface area contributed by atoms with E-state index in [1.165, 1.54) is 17.3 Å². The lowest BCUT2D eigenvalue weighted by Gasteiger charge is -2.35. The van der Waals surface area contributed by atoms with Crippen LogP contribution in [-0.4, -0.2) is 53.5 Å². The van der Waals surface area contributed by atoms with Crippen LogP contribution >= 0.6 is 23.4 Å². The van der Waals surface area contributed by atoms with Crippen LogP contribution in [0, 0.1) is 0 Å². The van der Waals surface area contributed by atoms with Gasteiger partial charge in [0.05, 0.1) is 11.3 Å². The van der Waals surface area contributed by atoms with Crippen LogP contribution in [-0.2, 0) is 11.3 Å². The zero-order valence-corrected chi connectivity index (χ0v) is 16.5. The number of amides is 2. The van der Waals surface area contributed by atoms with Gasteiger partial charge in [0.25, 0.3) is 5.91 Å². The quantitative estimate of drug-likeness (QED) is 0.753. The van der Waals surface area contributed by atoms with Crippen molar-refractivity contribution in [2.75, 3.05) is 31.9 Å². The molecule has 2 amide bonds. The molecule has 1 fully saturated rings. The first-order chi connectivity index (χ1) is 13.0. The van der Waals surface area contributed by atoms with Gasteiger partial charge in [-0.05, 0) is 29.8 Å². The first-order valence-electron chi connectivity index (χ1n) is 8.79. The normalized spacial score (nSPS) is 14.9. The molecule has 142 valence electrons. The minimum Gasteiger partial charge on any atom is -0.369 e. The maximum atomic E-state index is 12.9. The van der Waals surface area contributed by atoms with Crippen LogP contribution < -0.4 is 5.73 Å². The zero-order chi connectivity index (χ0) is 19.2. The second kappa shape index (κ2) is 9.26. The molecule has 0 unspecified atom stereocenters. The summed E-state index contributed by atoms with van der Waals surface area (Å²) < 4.78 is 0. The molecule has 0 bridgehead atoms. The van der Waals surface area contributed by atoms with E-state index < -0.39 is 5.91 Å². The SMILES string of the molecule is NC(=O)CSc1ccccc1C(=O)N1CCN(Cc2ccc(Cl)cc2)CC1. The van der Waals surface area contributed by atoms with E-state index in [-0.39, 0.29) is 11.7 Å². The summed E-state index contributed by atoms with van der Waals surface area (Å²) >= 11 is 7.24. The fourth-order valence-electron chi connectivity index (χ4n) is 3.05. The van der Waals surface area contributed by atoms with E-state index >= 15 is 0 Å². The van der Waals surface area contributed by atoms with Crippen molar-refractivity contribution in [2.24, 2.45) is 5.73 Å². The molecular formula is C20H22ClN3O2S. The molecule has 1 aliphatic heterocycles. The Morgan fingerprint density at radius 2 is 1.67 bits per heavy atom. The molecule has 1 saturated heterocycles. The Balaban J connectivity index is 1.58. The van der Waals surface area contributed by atoms with Crippen LogP contribution in [0.4, 0.5) is 0 Å². The number of nitrogens with two attached hydrogens (primary N) is 1. The van der Waals surface area contributed by atoms with Gasteiger partial charge in [-0.3, -0.25) is 14.5 Å². The average Bonchev–Trinajstić information content (AvgIpc) is 2.68. The molecule has 0 saturated carbocycles. The predicted octanol–water partition coefficient (Wildman–Crippen LogP) is 2.88. The smallest absolute Gasteiger partial charge is 0.255 e. The lowest BCUT2D eigenvalue weighted by atomic mass is 10.1.